The van der Waals surface area contributed by atoms with E-state index < -0.39 is 0 Å². The topological polar surface area (TPSA) is 68.5 Å². The molecular formula is C18H23Cl4N3O2. The maximum absolute atomic E-state index is 12.8. The molecule has 1 amide bonds. The van der Waals surface area contributed by atoms with Gasteiger partial charge in [-0.25, -0.2) is 4.98 Å². The van der Waals surface area contributed by atoms with Crippen molar-refractivity contribution in [1.29, 1.82) is 0 Å². The van der Waals surface area contributed by atoms with Crippen molar-refractivity contribution in [3.05, 3.63) is 52.1 Å². The first-order valence-electron chi connectivity index (χ1n) is 7.77. The van der Waals surface area contributed by atoms with Gasteiger partial charge in [0.2, 0.25) is 5.88 Å². The minimum atomic E-state index is -0.199. The number of pyridine rings is 1. The SMILES string of the molecule is CN(CC(C)(C)CN)C(=O)c1cccnc1Oc1ccc(Cl)cc1Cl.Cl.Cl. The molecule has 150 valence electrons. The second-order valence-electron chi connectivity index (χ2n) is 6.56. The Balaban J connectivity index is 0.00000338. The summed E-state index contributed by atoms with van der Waals surface area (Å²) in [6, 6.07) is 8.21. The lowest BCUT2D eigenvalue weighted by Crippen LogP contribution is -2.39. The molecule has 2 aromatic rings. The Kier molecular flexibility index (Phi) is 10.4. The lowest BCUT2D eigenvalue weighted by atomic mass is 9.93. The van der Waals surface area contributed by atoms with Crippen LogP contribution in [0.2, 0.25) is 10.0 Å². The van der Waals surface area contributed by atoms with Crippen LogP contribution in [-0.2, 0) is 0 Å². The Morgan fingerprint density at radius 2 is 1.93 bits per heavy atom. The molecule has 2 rings (SSSR count). The lowest BCUT2D eigenvalue weighted by molar-refractivity contribution is 0.0737. The van der Waals surface area contributed by atoms with E-state index >= 15 is 0 Å². The number of halogens is 4. The maximum atomic E-state index is 12.8. The first-order chi connectivity index (χ1) is 11.7. The van der Waals surface area contributed by atoms with Crippen molar-refractivity contribution in [2.75, 3.05) is 20.1 Å². The van der Waals surface area contributed by atoms with Gasteiger partial charge in [0.25, 0.3) is 5.91 Å². The van der Waals surface area contributed by atoms with Crippen LogP contribution in [0.15, 0.2) is 36.5 Å². The maximum Gasteiger partial charge on any atom is 0.259 e. The molecule has 1 heterocycles. The van der Waals surface area contributed by atoms with Gasteiger partial charge in [0.05, 0.1) is 5.02 Å². The summed E-state index contributed by atoms with van der Waals surface area (Å²) in [6.45, 7) is 5.00. The number of rotatable bonds is 6. The van der Waals surface area contributed by atoms with Crippen LogP contribution in [-0.4, -0.2) is 35.9 Å². The van der Waals surface area contributed by atoms with Crippen molar-refractivity contribution >= 4 is 53.9 Å². The average Bonchev–Trinajstić information content (AvgIpc) is 2.57. The van der Waals surface area contributed by atoms with Crippen LogP contribution in [0.5, 0.6) is 11.6 Å². The van der Waals surface area contributed by atoms with Crippen LogP contribution in [0.1, 0.15) is 24.2 Å². The molecule has 27 heavy (non-hydrogen) atoms. The first-order valence-corrected chi connectivity index (χ1v) is 8.52. The summed E-state index contributed by atoms with van der Waals surface area (Å²) in [5.41, 5.74) is 5.92. The third kappa shape index (κ3) is 7.01. The van der Waals surface area contributed by atoms with Gasteiger partial charge in [-0.2, -0.15) is 0 Å². The van der Waals surface area contributed by atoms with E-state index in [9.17, 15) is 4.79 Å². The number of hydrogen-bond acceptors (Lipinski definition) is 4. The molecule has 1 aromatic heterocycles. The van der Waals surface area contributed by atoms with Gasteiger partial charge in [-0.05, 0) is 42.3 Å². The normalized spacial score (nSPS) is 10.4. The fourth-order valence-electron chi connectivity index (χ4n) is 2.28. The largest absolute Gasteiger partial charge is 0.437 e. The lowest BCUT2D eigenvalue weighted by Gasteiger charge is -2.29. The molecule has 0 unspecified atom stereocenters. The van der Waals surface area contributed by atoms with Crippen LogP contribution in [0, 0.1) is 5.41 Å². The van der Waals surface area contributed by atoms with Crippen LogP contribution in [0.3, 0.4) is 0 Å². The van der Waals surface area contributed by atoms with E-state index in [1.807, 2.05) is 13.8 Å². The first kappa shape index (κ1) is 25.8. The molecule has 2 N–H and O–H groups in total. The van der Waals surface area contributed by atoms with Crippen LogP contribution < -0.4 is 10.5 Å². The molecule has 0 aliphatic rings. The van der Waals surface area contributed by atoms with Crippen molar-refractivity contribution in [3.8, 4) is 11.6 Å². The van der Waals surface area contributed by atoms with Crippen molar-refractivity contribution in [2.45, 2.75) is 13.8 Å². The van der Waals surface area contributed by atoms with E-state index in [1.54, 1.807) is 48.5 Å². The molecule has 0 radical (unpaired) electrons. The predicted molar refractivity (Wildman–Crippen MR) is 115 cm³/mol. The fourth-order valence-corrected chi connectivity index (χ4v) is 2.73. The van der Waals surface area contributed by atoms with E-state index in [-0.39, 0.29) is 42.0 Å². The third-order valence-electron chi connectivity index (χ3n) is 3.67. The zero-order valence-corrected chi connectivity index (χ0v) is 18.4. The fraction of sp³-hybridized carbons (Fsp3) is 0.333. The summed E-state index contributed by atoms with van der Waals surface area (Å²) < 4.78 is 5.75. The minimum Gasteiger partial charge on any atom is -0.437 e. The number of carbonyl (C=O) groups excluding carboxylic acids is 1. The van der Waals surface area contributed by atoms with Gasteiger partial charge in [0, 0.05) is 24.8 Å². The molecule has 9 heteroatoms. The number of carbonyl (C=O) groups is 1. The minimum absolute atomic E-state index is 0. The highest BCUT2D eigenvalue weighted by Gasteiger charge is 2.24. The standard InChI is InChI=1S/C18H21Cl2N3O2.2ClH/c1-18(2,10-21)11-23(3)17(24)13-5-4-8-22-16(13)25-15-7-6-12(19)9-14(15)20;;/h4-9H,10-11,21H2,1-3H3;2*1H. The van der Waals surface area contributed by atoms with Gasteiger partial charge in [0.15, 0.2) is 0 Å². The molecule has 0 fully saturated rings. The smallest absolute Gasteiger partial charge is 0.259 e. The second-order valence-corrected chi connectivity index (χ2v) is 7.41. The molecule has 0 saturated carbocycles. The number of aromatic nitrogens is 1. The number of ether oxygens (including phenoxy) is 1. The number of hydrogen-bond donors (Lipinski definition) is 1. The monoisotopic (exact) mass is 453 g/mol. The second kappa shape index (κ2) is 10.9. The number of nitrogens with two attached hydrogens (primary N) is 1. The summed E-state index contributed by atoms with van der Waals surface area (Å²) >= 11 is 12.0. The van der Waals surface area contributed by atoms with Crippen molar-refractivity contribution in [3.63, 3.8) is 0 Å². The Labute approximate surface area is 182 Å². The van der Waals surface area contributed by atoms with Gasteiger partial charge >= 0.3 is 0 Å². The van der Waals surface area contributed by atoms with Crippen molar-refractivity contribution < 1.29 is 9.53 Å². The highest BCUT2D eigenvalue weighted by molar-refractivity contribution is 6.35. The van der Waals surface area contributed by atoms with Gasteiger partial charge in [-0.1, -0.05) is 37.0 Å². The van der Waals surface area contributed by atoms with Gasteiger partial charge in [0.1, 0.15) is 11.3 Å². The average molecular weight is 455 g/mol. The van der Waals surface area contributed by atoms with Gasteiger partial charge in [-0.15, -0.1) is 24.8 Å². The van der Waals surface area contributed by atoms with Crippen molar-refractivity contribution in [2.24, 2.45) is 11.1 Å². The zero-order valence-electron chi connectivity index (χ0n) is 15.2. The zero-order chi connectivity index (χ0) is 18.6. The molecule has 0 bridgehead atoms. The molecule has 0 saturated heterocycles. The van der Waals surface area contributed by atoms with Gasteiger partial charge in [-0.3, -0.25) is 4.79 Å². The Morgan fingerprint density at radius 1 is 1.26 bits per heavy atom. The van der Waals surface area contributed by atoms with Crippen LogP contribution in [0.4, 0.5) is 0 Å². The molecular weight excluding hydrogens is 432 g/mol. The number of nitrogens with zero attached hydrogens (tertiary/aromatic N) is 2. The molecule has 0 aliphatic carbocycles. The van der Waals surface area contributed by atoms with E-state index in [0.717, 1.165) is 0 Å². The highest BCUT2D eigenvalue weighted by Crippen LogP contribution is 2.32. The van der Waals surface area contributed by atoms with E-state index in [0.29, 0.717) is 34.4 Å². The molecule has 0 aliphatic heterocycles. The Bertz CT molecular complexity index is 772. The summed E-state index contributed by atoms with van der Waals surface area (Å²) in [4.78, 5) is 18.6. The summed E-state index contributed by atoms with van der Waals surface area (Å²) in [5.74, 6) is 0.368. The number of benzene rings is 1. The molecule has 5 nitrogen and oxygen atoms in total. The summed E-state index contributed by atoms with van der Waals surface area (Å²) in [7, 11) is 1.73. The molecule has 0 spiro atoms. The number of amides is 1. The van der Waals surface area contributed by atoms with Crippen molar-refractivity contribution in [1.82, 2.24) is 9.88 Å². The molecule has 1 aromatic carbocycles. The highest BCUT2D eigenvalue weighted by atomic mass is 35.5. The van der Waals surface area contributed by atoms with E-state index in [1.165, 1.54) is 0 Å². The van der Waals surface area contributed by atoms with E-state index in [2.05, 4.69) is 4.98 Å². The summed E-state index contributed by atoms with van der Waals surface area (Å²) in [6.07, 6.45) is 1.56. The van der Waals surface area contributed by atoms with E-state index in [4.69, 9.17) is 33.7 Å². The molecule has 0 atom stereocenters. The third-order valence-corrected chi connectivity index (χ3v) is 4.20. The Morgan fingerprint density at radius 3 is 2.52 bits per heavy atom. The van der Waals surface area contributed by atoms with Gasteiger partial charge < -0.3 is 15.4 Å². The quantitative estimate of drug-likeness (QED) is 0.660. The predicted octanol–water partition coefficient (Wildman–Crippen LogP) is 5.08. The Hall–Kier alpha value is -1.24. The summed E-state index contributed by atoms with van der Waals surface area (Å²) in [5, 5.41) is 0.840. The van der Waals surface area contributed by atoms with Crippen LogP contribution in [0.25, 0.3) is 0 Å². The van der Waals surface area contributed by atoms with Crippen LogP contribution >= 0.6 is 48.0 Å².